The first-order valence-electron chi connectivity index (χ1n) is 36.2. The van der Waals surface area contributed by atoms with Crippen molar-refractivity contribution in [3.8, 4) is 0 Å². The second kappa shape index (κ2) is 68.6. The Morgan fingerprint density at radius 2 is 0.418 bits per heavy atom. The van der Waals surface area contributed by atoms with Gasteiger partial charge in [0.25, 0.3) is 0 Å². The van der Waals surface area contributed by atoms with Crippen LogP contribution in [0.4, 0.5) is 0 Å². The molecule has 1 atom stereocenters. The van der Waals surface area contributed by atoms with Gasteiger partial charge < -0.3 is 14.2 Å². The minimum atomic E-state index is -0.767. The minimum absolute atomic E-state index is 0.0657. The maximum Gasteiger partial charge on any atom is 0.306 e. The molecule has 0 saturated carbocycles. The van der Waals surface area contributed by atoms with E-state index >= 15 is 0 Å². The number of hydrogen-bond acceptors (Lipinski definition) is 6. The van der Waals surface area contributed by atoms with E-state index in [4.69, 9.17) is 14.2 Å². The molecule has 0 N–H and O–H groups in total. The monoisotopic (exact) mass is 1110 g/mol. The third kappa shape index (κ3) is 66.8. The third-order valence-corrected chi connectivity index (χ3v) is 16.8. The smallest absolute Gasteiger partial charge is 0.306 e. The van der Waals surface area contributed by atoms with Gasteiger partial charge in [0.1, 0.15) is 13.2 Å². The molecule has 0 amide bonds. The lowest BCUT2D eigenvalue weighted by atomic mass is 10.0. The topological polar surface area (TPSA) is 78.9 Å². The van der Waals surface area contributed by atoms with Crippen LogP contribution in [0.2, 0.25) is 0 Å². The average molecular weight is 1110 g/mol. The molecule has 0 spiro atoms. The first-order valence-corrected chi connectivity index (χ1v) is 36.2. The van der Waals surface area contributed by atoms with Gasteiger partial charge in [0.05, 0.1) is 0 Å². The van der Waals surface area contributed by atoms with E-state index in [0.717, 1.165) is 57.8 Å². The second-order valence-corrected chi connectivity index (χ2v) is 24.9. The first kappa shape index (κ1) is 77.2. The molecule has 0 aromatic heterocycles. The summed E-state index contributed by atoms with van der Waals surface area (Å²) < 4.78 is 16.9. The van der Waals surface area contributed by atoms with E-state index in [9.17, 15) is 14.4 Å². The van der Waals surface area contributed by atoms with Crippen molar-refractivity contribution in [1.29, 1.82) is 0 Å². The van der Waals surface area contributed by atoms with Gasteiger partial charge in [-0.05, 0) is 44.9 Å². The number of carbonyl (C=O) groups excluding carboxylic acids is 3. The Morgan fingerprint density at radius 3 is 0.633 bits per heavy atom. The highest BCUT2D eigenvalue weighted by Crippen LogP contribution is 2.19. The summed E-state index contributed by atoms with van der Waals surface area (Å²) >= 11 is 0. The molecule has 0 heterocycles. The van der Waals surface area contributed by atoms with E-state index in [1.165, 1.54) is 321 Å². The first-order chi connectivity index (χ1) is 39.0. The van der Waals surface area contributed by atoms with Gasteiger partial charge in [-0.2, -0.15) is 0 Å². The zero-order valence-corrected chi connectivity index (χ0v) is 53.9. The summed E-state index contributed by atoms with van der Waals surface area (Å²) in [5.41, 5.74) is 0. The van der Waals surface area contributed by atoms with Crippen LogP contribution in [0, 0.1) is 0 Å². The van der Waals surface area contributed by atoms with Gasteiger partial charge >= 0.3 is 17.9 Å². The molecule has 0 fully saturated rings. The third-order valence-electron chi connectivity index (χ3n) is 16.8. The van der Waals surface area contributed by atoms with Gasteiger partial charge in [0.15, 0.2) is 6.10 Å². The quantitative estimate of drug-likeness (QED) is 0.0261. The number of unbranched alkanes of at least 4 members (excludes halogenated alkanes) is 55. The van der Waals surface area contributed by atoms with Crippen molar-refractivity contribution in [2.75, 3.05) is 13.2 Å². The second-order valence-electron chi connectivity index (χ2n) is 24.9. The molecule has 79 heavy (non-hydrogen) atoms. The van der Waals surface area contributed by atoms with Gasteiger partial charge in [-0.25, -0.2) is 0 Å². The van der Waals surface area contributed by atoms with Crippen molar-refractivity contribution in [3.05, 3.63) is 12.2 Å². The highest BCUT2D eigenvalue weighted by atomic mass is 16.6. The predicted molar refractivity (Wildman–Crippen MR) is 344 cm³/mol. The Kier molecular flexibility index (Phi) is 67.0. The lowest BCUT2D eigenvalue weighted by Crippen LogP contribution is -2.30. The SMILES string of the molecule is CCCCCCCC/C=C\CCCCCCCCCC(=O)OC(COC(=O)CCCCCCCCCCC)COC(=O)CCCCCCCCCCCCCCCCCCCCCCCCCCCCCCCCCCCCC. The van der Waals surface area contributed by atoms with Crippen LogP contribution >= 0.6 is 0 Å². The highest BCUT2D eigenvalue weighted by molar-refractivity contribution is 5.71. The maximum absolute atomic E-state index is 12.9. The molecule has 0 aliphatic heterocycles. The van der Waals surface area contributed by atoms with Crippen LogP contribution in [0.25, 0.3) is 0 Å². The van der Waals surface area contributed by atoms with Crippen molar-refractivity contribution in [3.63, 3.8) is 0 Å². The molecular formula is C73H140O6. The minimum Gasteiger partial charge on any atom is -0.462 e. The fourth-order valence-electron chi connectivity index (χ4n) is 11.3. The summed E-state index contributed by atoms with van der Waals surface area (Å²) in [6, 6.07) is 0. The molecule has 0 aliphatic carbocycles. The normalized spacial score (nSPS) is 12.0. The van der Waals surface area contributed by atoms with Crippen molar-refractivity contribution < 1.29 is 28.6 Å². The fraction of sp³-hybridized carbons (Fsp3) is 0.932. The van der Waals surface area contributed by atoms with Crippen molar-refractivity contribution in [2.45, 2.75) is 425 Å². The van der Waals surface area contributed by atoms with Crippen LogP contribution in [0.5, 0.6) is 0 Å². The molecule has 0 aromatic rings. The molecule has 0 aromatic carbocycles. The Morgan fingerprint density at radius 1 is 0.241 bits per heavy atom. The summed E-state index contributed by atoms with van der Waals surface area (Å²) in [6.07, 6.45) is 82.9. The molecule has 0 rings (SSSR count). The number of allylic oxidation sites excluding steroid dienone is 2. The van der Waals surface area contributed by atoms with Crippen LogP contribution in [0.15, 0.2) is 12.2 Å². The summed E-state index contributed by atoms with van der Waals surface area (Å²) in [7, 11) is 0. The van der Waals surface area contributed by atoms with Crippen molar-refractivity contribution in [1.82, 2.24) is 0 Å². The van der Waals surface area contributed by atoms with Gasteiger partial charge in [0, 0.05) is 19.3 Å². The van der Waals surface area contributed by atoms with Crippen LogP contribution in [0.1, 0.15) is 419 Å². The van der Waals surface area contributed by atoms with E-state index in [1.54, 1.807) is 0 Å². The Hall–Kier alpha value is -1.85. The largest absolute Gasteiger partial charge is 0.462 e. The maximum atomic E-state index is 12.9. The molecule has 0 radical (unpaired) electrons. The highest BCUT2D eigenvalue weighted by Gasteiger charge is 2.19. The molecule has 0 bridgehead atoms. The van der Waals surface area contributed by atoms with Gasteiger partial charge in [0.2, 0.25) is 0 Å². The number of ether oxygens (including phenoxy) is 3. The molecule has 0 saturated heterocycles. The zero-order valence-electron chi connectivity index (χ0n) is 53.9. The Labute approximate surface area is 494 Å². The standard InChI is InChI=1S/C73H140O6/c1-4-7-10-13-16-19-21-23-25-27-28-29-30-31-32-33-34-35-36-37-38-39-40-41-42-43-44-46-47-49-51-54-57-60-63-66-72(75)78-69-70(68-77-71(74)65-62-59-56-53-18-15-12-9-6-3)79-73(76)67-64-61-58-55-52-50-48-45-26-24-22-20-17-14-11-8-5-2/h24,26,70H,4-23,25,27-69H2,1-3H3/b26-24-. The van der Waals surface area contributed by atoms with Gasteiger partial charge in [-0.1, -0.05) is 367 Å². The predicted octanol–water partition coefficient (Wildman–Crippen LogP) is 24.8. The zero-order chi connectivity index (χ0) is 57.1. The van der Waals surface area contributed by atoms with Crippen molar-refractivity contribution >= 4 is 17.9 Å². The van der Waals surface area contributed by atoms with Gasteiger partial charge in [-0.15, -0.1) is 0 Å². The molecule has 6 heteroatoms. The van der Waals surface area contributed by atoms with E-state index in [-0.39, 0.29) is 31.1 Å². The number of carbonyl (C=O) groups is 3. The number of esters is 3. The van der Waals surface area contributed by atoms with Crippen LogP contribution in [0.3, 0.4) is 0 Å². The Bertz CT molecular complexity index is 1230. The molecule has 468 valence electrons. The average Bonchev–Trinajstić information content (AvgIpc) is 3.45. The van der Waals surface area contributed by atoms with Crippen LogP contribution in [-0.4, -0.2) is 37.2 Å². The van der Waals surface area contributed by atoms with E-state index in [0.29, 0.717) is 19.3 Å². The lowest BCUT2D eigenvalue weighted by Gasteiger charge is -2.18. The summed E-state index contributed by atoms with van der Waals surface area (Å²) in [6.45, 7) is 6.69. The summed E-state index contributed by atoms with van der Waals surface area (Å²) in [5.74, 6) is -0.844. The summed E-state index contributed by atoms with van der Waals surface area (Å²) in [4.78, 5) is 38.2. The van der Waals surface area contributed by atoms with E-state index in [1.807, 2.05) is 0 Å². The van der Waals surface area contributed by atoms with Crippen molar-refractivity contribution in [2.24, 2.45) is 0 Å². The van der Waals surface area contributed by atoms with Crippen LogP contribution in [-0.2, 0) is 28.6 Å². The summed E-state index contributed by atoms with van der Waals surface area (Å²) in [5, 5.41) is 0. The fourth-order valence-corrected chi connectivity index (χ4v) is 11.3. The number of rotatable bonds is 68. The molecule has 1 unspecified atom stereocenters. The lowest BCUT2D eigenvalue weighted by molar-refractivity contribution is -0.167. The van der Waals surface area contributed by atoms with Gasteiger partial charge in [-0.3, -0.25) is 14.4 Å². The number of hydrogen-bond donors (Lipinski definition) is 0. The van der Waals surface area contributed by atoms with Crippen LogP contribution < -0.4 is 0 Å². The molecule has 6 nitrogen and oxygen atoms in total. The Balaban J connectivity index is 3.95. The molecular weight excluding hydrogens is 973 g/mol. The van der Waals surface area contributed by atoms with E-state index in [2.05, 4.69) is 32.9 Å². The van der Waals surface area contributed by atoms with E-state index < -0.39 is 6.10 Å². The molecule has 0 aliphatic rings.